The van der Waals surface area contributed by atoms with Gasteiger partial charge in [0.15, 0.2) is 0 Å². The molecule has 0 radical (unpaired) electrons. The Balaban J connectivity index is 1.48. The number of hydrogen-bond donors (Lipinski definition) is 0. The number of piperidine rings is 1. The number of aryl methyl sites for hydroxylation is 1. The van der Waals surface area contributed by atoms with Crippen LogP contribution in [0.25, 0.3) is 0 Å². The van der Waals surface area contributed by atoms with Crippen LogP contribution in [-0.4, -0.2) is 73.7 Å². The van der Waals surface area contributed by atoms with Gasteiger partial charge in [-0.05, 0) is 62.9 Å². The summed E-state index contributed by atoms with van der Waals surface area (Å²) in [5, 5.41) is 0. The first kappa shape index (κ1) is 22.2. The largest absolute Gasteiger partial charge is 0.343 e. The molecule has 29 heavy (non-hydrogen) atoms. The molecule has 6 nitrogen and oxygen atoms in total. The van der Waals surface area contributed by atoms with Crippen LogP contribution < -0.4 is 0 Å². The highest BCUT2D eigenvalue weighted by Gasteiger charge is 2.28. The summed E-state index contributed by atoms with van der Waals surface area (Å²) in [5.41, 5.74) is 1.00. The van der Waals surface area contributed by atoms with Crippen LogP contribution >= 0.6 is 0 Å². The fraction of sp³-hybridized carbons (Fsp3) is 0.682. The zero-order valence-corrected chi connectivity index (χ0v) is 18.7. The molecule has 7 heteroatoms. The molecule has 3 rings (SSSR count). The molecule has 162 valence electrons. The maximum Gasteiger partial charge on any atom is 0.243 e. The minimum absolute atomic E-state index is 0.213. The predicted octanol–water partition coefficient (Wildman–Crippen LogP) is 2.74. The van der Waals surface area contributed by atoms with E-state index in [2.05, 4.69) is 4.90 Å². The van der Waals surface area contributed by atoms with Crippen molar-refractivity contribution in [3.63, 3.8) is 0 Å². The number of likely N-dealkylation sites (tertiary alicyclic amines) is 2. The van der Waals surface area contributed by atoms with Gasteiger partial charge in [0, 0.05) is 38.6 Å². The quantitative estimate of drug-likeness (QED) is 0.648. The molecule has 2 fully saturated rings. The van der Waals surface area contributed by atoms with Gasteiger partial charge in [0.25, 0.3) is 0 Å². The van der Waals surface area contributed by atoms with Crippen LogP contribution in [0, 0.1) is 0 Å². The van der Waals surface area contributed by atoms with Crippen LogP contribution in [0.15, 0.2) is 29.2 Å². The third-order valence-corrected chi connectivity index (χ3v) is 8.43. The Morgan fingerprint density at radius 3 is 2.14 bits per heavy atom. The maximum atomic E-state index is 12.6. The van der Waals surface area contributed by atoms with Crippen molar-refractivity contribution in [2.45, 2.75) is 63.3 Å². The van der Waals surface area contributed by atoms with Gasteiger partial charge in [-0.2, -0.15) is 4.31 Å². The SMILES string of the molecule is CCN(CC)S(=O)(=O)c1ccc(CCC(=O)N2CCC(N3CCCC3)CC2)cc1. The minimum Gasteiger partial charge on any atom is -0.343 e. The van der Waals surface area contributed by atoms with Crippen LogP contribution in [-0.2, 0) is 21.2 Å². The van der Waals surface area contributed by atoms with Gasteiger partial charge >= 0.3 is 0 Å². The molecule has 1 aromatic rings. The highest BCUT2D eigenvalue weighted by molar-refractivity contribution is 7.89. The predicted molar refractivity (Wildman–Crippen MR) is 115 cm³/mol. The van der Waals surface area contributed by atoms with E-state index in [9.17, 15) is 13.2 Å². The first-order valence-corrected chi connectivity index (χ1v) is 12.5. The van der Waals surface area contributed by atoms with Crippen molar-refractivity contribution >= 4 is 15.9 Å². The van der Waals surface area contributed by atoms with Crippen LogP contribution in [0.3, 0.4) is 0 Å². The van der Waals surface area contributed by atoms with Gasteiger partial charge in [0.05, 0.1) is 4.90 Å². The fourth-order valence-electron chi connectivity index (χ4n) is 4.54. The number of benzene rings is 1. The van der Waals surface area contributed by atoms with Crippen molar-refractivity contribution in [2.75, 3.05) is 39.3 Å². The normalized spacial score (nSPS) is 19.2. The Hall–Kier alpha value is -1.44. The maximum absolute atomic E-state index is 12.6. The highest BCUT2D eigenvalue weighted by Crippen LogP contribution is 2.22. The van der Waals surface area contributed by atoms with Crippen molar-refractivity contribution in [3.05, 3.63) is 29.8 Å². The average Bonchev–Trinajstić information content (AvgIpc) is 3.28. The minimum atomic E-state index is -3.42. The standard InChI is InChI=1S/C22H35N3O3S/c1-3-25(4-2)29(27,28)21-10-7-19(8-11-21)9-12-22(26)24-17-13-20(14-18-24)23-15-5-6-16-23/h7-8,10-11,20H,3-6,9,12-18H2,1-2H3. The first-order chi connectivity index (χ1) is 14.0. The number of amides is 1. The van der Waals surface area contributed by atoms with Crippen molar-refractivity contribution in [2.24, 2.45) is 0 Å². The van der Waals surface area contributed by atoms with E-state index in [0.717, 1.165) is 31.5 Å². The van der Waals surface area contributed by atoms with Crippen LogP contribution in [0.2, 0.25) is 0 Å². The number of nitrogens with zero attached hydrogens (tertiary/aromatic N) is 3. The van der Waals surface area contributed by atoms with Crippen LogP contribution in [0.4, 0.5) is 0 Å². The van der Waals surface area contributed by atoms with Crippen molar-refractivity contribution in [3.8, 4) is 0 Å². The van der Waals surface area contributed by atoms with Gasteiger partial charge in [-0.25, -0.2) is 8.42 Å². The Morgan fingerprint density at radius 1 is 1.00 bits per heavy atom. The molecule has 0 bridgehead atoms. The van der Waals surface area contributed by atoms with E-state index in [1.807, 2.05) is 30.9 Å². The molecule has 0 saturated carbocycles. The van der Waals surface area contributed by atoms with Crippen LogP contribution in [0.5, 0.6) is 0 Å². The molecule has 0 unspecified atom stereocenters. The van der Waals surface area contributed by atoms with E-state index in [1.54, 1.807) is 12.1 Å². The van der Waals surface area contributed by atoms with Crippen molar-refractivity contribution in [1.29, 1.82) is 0 Å². The summed E-state index contributed by atoms with van der Waals surface area (Å²) < 4.78 is 26.6. The topological polar surface area (TPSA) is 60.9 Å². The second-order valence-electron chi connectivity index (χ2n) is 8.09. The van der Waals surface area contributed by atoms with Gasteiger partial charge in [0.2, 0.25) is 15.9 Å². The second kappa shape index (κ2) is 10.0. The van der Waals surface area contributed by atoms with Crippen molar-refractivity contribution < 1.29 is 13.2 Å². The summed E-state index contributed by atoms with van der Waals surface area (Å²) in [6.07, 6.45) is 5.93. The summed E-state index contributed by atoms with van der Waals surface area (Å²) >= 11 is 0. The number of hydrogen-bond acceptors (Lipinski definition) is 4. The molecule has 2 aliphatic heterocycles. The Morgan fingerprint density at radius 2 is 1.59 bits per heavy atom. The smallest absolute Gasteiger partial charge is 0.243 e. The summed E-state index contributed by atoms with van der Waals surface area (Å²) in [7, 11) is -3.42. The molecule has 2 heterocycles. The molecule has 2 saturated heterocycles. The van der Waals surface area contributed by atoms with Gasteiger partial charge in [0.1, 0.15) is 0 Å². The fourth-order valence-corrected chi connectivity index (χ4v) is 6.00. The molecule has 0 N–H and O–H groups in total. The monoisotopic (exact) mass is 421 g/mol. The Bertz CT molecular complexity index is 761. The highest BCUT2D eigenvalue weighted by atomic mass is 32.2. The van der Waals surface area contributed by atoms with E-state index in [-0.39, 0.29) is 5.91 Å². The number of rotatable bonds is 8. The number of sulfonamides is 1. The third kappa shape index (κ3) is 5.38. The van der Waals surface area contributed by atoms with Gasteiger partial charge < -0.3 is 9.80 Å². The summed E-state index contributed by atoms with van der Waals surface area (Å²) in [6, 6.07) is 7.65. The molecule has 0 atom stereocenters. The van der Waals surface area contributed by atoms with Gasteiger partial charge in [-0.3, -0.25) is 4.79 Å². The lowest BCUT2D eigenvalue weighted by Gasteiger charge is -2.36. The zero-order valence-electron chi connectivity index (χ0n) is 17.8. The molecule has 1 amide bonds. The van der Waals surface area contributed by atoms with E-state index < -0.39 is 10.0 Å². The van der Waals surface area contributed by atoms with Gasteiger partial charge in [-0.15, -0.1) is 0 Å². The van der Waals surface area contributed by atoms with E-state index >= 15 is 0 Å². The third-order valence-electron chi connectivity index (χ3n) is 6.37. The lowest BCUT2D eigenvalue weighted by molar-refractivity contribution is -0.132. The number of carbonyl (C=O) groups excluding carboxylic acids is 1. The molecule has 1 aromatic carbocycles. The molecule has 2 aliphatic rings. The summed E-state index contributed by atoms with van der Waals surface area (Å²) in [6.45, 7) is 8.77. The Labute approximate surface area is 175 Å². The lowest BCUT2D eigenvalue weighted by Crippen LogP contribution is -2.45. The molecular weight excluding hydrogens is 386 g/mol. The zero-order chi connectivity index (χ0) is 20.9. The second-order valence-corrected chi connectivity index (χ2v) is 10.0. The van der Waals surface area contributed by atoms with E-state index in [0.29, 0.717) is 36.9 Å². The molecule has 0 spiro atoms. The molecule has 0 aliphatic carbocycles. The van der Waals surface area contributed by atoms with Gasteiger partial charge in [-0.1, -0.05) is 26.0 Å². The molecule has 0 aromatic heterocycles. The number of carbonyl (C=O) groups is 1. The summed E-state index contributed by atoms with van der Waals surface area (Å²) in [4.78, 5) is 17.5. The average molecular weight is 422 g/mol. The van der Waals surface area contributed by atoms with Crippen LogP contribution in [0.1, 0.15) is 51.5 Å². The van der Waals surface area contributed by atoms with Crippen molar-refractivity contribution in [1.82, 2.24) is 14.1 Å². The summed E-state index contributed by atoms with van der Waals surface area (Å²) in [5.74, 6) is 0.213. The Kier molecular flexibility index (Phi) is 7.71. The van der Waals surface area contributed by atoms with E-state index in [4.69, 9.17) is 0 Å². The van der Waals surface area contributed by atoms with E-state index in [1.165, 1.54) is 30.2 Å². The first-order valence-electron chi connectivity index (χ1n) is 11.1. The molecular formula is C22H35N3O3S. The lowest BCUT2D eigenvalue weighted by atomic mass is 10.0.